The van der Waals surface area contributed by atoms with Gasteiger partial charge in [-0.05, 0) is 44.6 Å². The molecule has 0 unspecified atom stereocenters. The molecule has 1 fully saturated rings. The van der Waals surface area contributed by atoms with Crippen LogP contribution in [0.2, 0.25) is 0 Å². The third-order valence-corrected chi connectivity index (χ3v) is 4.64. The van der Waals surface area contributed by atoms with Crippen molar-refractivity contribution in [1.82, 2.24) is 15.2 Å². The van der Waals surface area contributed by atoms with Gasteiger partial charge in [-0.1, -0.05) is 0 Å². The highest BCUT2D eigenvalue weighted by Crippen LogP contribution is 2.31. The molecule has 0 atom stereocenters. The van der Waals surface area contributed by atoms with Gasteiger partial charge in [0.05, 0.1) is 11.1 Å². The van der Waals surface area contributed by atoms with E-state index in [0.29, 0.717) is 18.1 Å². The number of nitrogens with two attached hydrogens (primary N) is 2. The number of aromatic nitrogens is 3. The van der Waals surface area contributed by atoms with Crippen LogP contribution >= 0.6 is 0 Å². The van der Waals surface area contributed by atoms with Crippen LogP contribution in [0.15, 0.2) is 17.3 Å². The third-order valence-electron chi connectivity index (χ3n) is 4.64. The lowest BCUT2D eigenvalue weighted by molar-refractivity contribution is -0.121. The number of amides is 1. The summed E-state index contributed by atoms with van der Waals surface area (Å²) < 4.78 is 0. The number of aromatic amines is 1. The van der Waals surface area contributed by atoms with Gasteiger partial charge in [-0.15, -0.1) is 0 Å². The average Bonchev–Trinajstić information content (AvgIpc) is 2.96. The molecule has 1 aliphatic carbocycles. The summed E-state index contributed by atoms with van der Waals surface area (Å²) in [5.41, 5.74) is 13.0. The molecule has 8 heteroatoms. The predicted molar refractivity (Wildman–Crippen MR) is 93.4 cm³/mol. The highest BCUT2D eigenvalue weighted by molar-refractivity contribution is 6.01. The SMILES string of the molecule is Cc1[nH]nc2nccc(NC(=O)C3CCC(CN=C(N)N)CC3)c12. The first kappa shape index (κ1) is 16.2. The first-order valence-corrected chi connectivity index (χ1v) is 8.20. The van der Waals surface area contributed by atoms with E-state index in [1.807, 2.05) is 13.0 Å². The maximum atomic E-state index is 12.6. The minimum Gasteiger partial charge on any atom is -0.370 e. The van der Waals surface area contributed by atoms with Crippen LogP contribution in [0.25, 0.3) is 11.0 Å². The third kappa shape index (κ3) is 3.47. The highest BCUT2D eigenvalue weighted by atomic mass is 16.1. The normalized spacial score (nSPS) is 20.7. The number of H-pyrrole nitrogens is 1. The highest BCUT2D eigenvalue weighted by Gasteiger charge is 2.26. The van der Waals surface area contributed by atoms with Crippen molar-refractivity contribution in [3.05, 3.63) is 18.0 Å². The predicted octanol–water partition coefficient (Wildman–Crippen LogP) is 1.28. The zero-order valence-electron chi connectivity index (χ0n) is 13.7. The van der Waals surface area contributed by atoms with Crippen molar-refractivity contribution in [1.29, 1.82) is 0 Å². The first-order valence-electron chi connectivity index (χ1n) is 8.20. The number of hydrogen-bond donors (Lipinski definition) is 4. The minimum atomic E-state index is 0.0240. The summed E-state index contributed by atoms with van der Waals surface area (Å²) in [6.07, 6.45) is 5.30. The summed E-state index contributed by atoms with van der Waals surface area (Å²) in [5, 5.41) is 10.9. The zero-order valence-corrected chi connectivity index (χ0v) is 13.7. The van der Waals surface area contributed by atoms with Gasteiger partial charge in [0, 0.05) is 24.4 Å². The number of rotatable bonds is 4. The fraction of sp³-hybridized carbons (Fsp3) is 0.500. The number of aryl methyl sites for hydroxylation is 1. The molecular formula is C16H23N7O. The molecule has 1 amide bonds. The molecule has 3 rings (SSSR count). The van der Waals surface area contributed by atoms with Gasteiger partial charge in [0.1, 0.15) is 0 Å². The summed E-state index contributed by atoms with van der Waals surface area (Å²) in [6, 6.07) is 1.81. The molecule has 2 aromatic rings. The van der Waals surface area contributed by atoms with Gasteiger partial charge in [0.25, 0.3) is 0 Å². The van der Waals surface area contributed by atoms with Crippen molar-refractivity contribution in [3.63, 3.8) is 0 Å². The van der Waals surface area contributed by atoms with Gasteiger partial charge < -0.3 is 16.8 Å². The molecule has 8 nitrogen and oxygen atoms in total. The smallest absolute Gasteiger partial charge is 0.227 e. The number of nitrogens with one attached hydrogen (secondary N) is 2. The number of pyridine rings is 1. The lowest BCUT2D eigenvalue weighted by Gasteiger charge is -2.26. The summed E-state index contributed by atoms with van der Waals surface area (Å²) in [4.78, 5) is 20.9. The molecule has 2 heterocycles. The standard InChI is InChI=1S/C16H23N7O/c1-9-13-12(6-7-19-14(13)23-22-9)21-15(24)11-4-2-10(3-5-11)8-20-16(17)18/h6-7,10-11H,2-5,8H2,1H3,(H4,17,18,20)(H2,19,21,22,23,24). The topological polar surface area (TPSA) is 135 Å². The van der Waals surface area contributed by atoms with E-state index in [2.05, 4.69) is 25.5 Å². The van der Waals surface area contributed by atoms with Crippen LogP contribution in [0.3, 0.4) is 0 Å². The Morgan fingerprint density at radius 1 is 1.38 bits per heavy atom. The van der Waals surface area contributed by atoms with E-state index in [4.69, 9.17) is 11.5 Å². The van der Waals surface area contributed by atoms with Crippen LogP contribution in [0.5, 0.6) is 0 Å². The molecule has 0 bridgehead atoms. The Kier molecular flexibility index (Phi) is 4.64. The van der Waals surface area contributed by atoms with Crippen molar-refractivity contribution in [2.45, 2.75) is 32.6 Å². The number of carbonyl (C=O) groups is 1. The van der Waals surface area contributed by atoms with Crippen LogP contribution in [0.1, 0.15) is 31.4 Å². The lowest BCUT2D eigenvalue weighted by Crippen LogP contribution is -2.29. The Labute approximate surface area is 140 Å². The Balaban J connectivity index is 1.62. The Morgan fingerprint density at radius 3 is 2.83 bits per heavy atom. The first-order chi connectivity index (χ1) is 11.5. The summed E-state index contributed by atoms with van der Waals surface area (Å²) >= 11 is 0. The maximum absolute atomic E-state index is 12.6. The number of hydrogen-bond acceptors (Lipinski definition) is 4. The number of aliphatic imine (C=N–C) groups is 1. The second-order valence-corrected chi connectivity index (χ2v) is 6.38. The largest absolute Gasteiger partial charge is 0.370 e. The molecule has 0 aliphatic heterocycles. The van der Waals surface area contributed by atoms with Crippen LogP contribution in [0, 0.1) is 18.8 Å². The Morgan fingerprint density at radius 2 is 2.12 bits per heavy atom. The van der Waals surface area contributed by atoms with Gasteiger partial charge in [0.15, 0.2) is 11.6 Å². The van der Waals surface area contributed by atoms with E-state index < -0.39 is 0 Å². The summed E-state index contributed by atoms with van der Waals surface area (Å²) in [6.45, 7) is 2.57. The van der Waals surface area contributed by atoms with E-state index in [1.165, 1.54) is 0 Å². The summed E-state index contributed by atoms with van der Waals surface area (Å²) in [7, 11) is 0. The maximum Gasteiger partial charge on any atom is 0.227 e. The number of carbonyl (C=O) groups excluding carboxylic acids is 1. The van der Waals surface area contributed by atoms with Crippen LogP contribution in [0.4, 0.5) is 5.69 Å². The molecule has 24 heavy (non-hydrogen) atoms. The van der Waals surface area contributed by atoms with E-state index >= 15 is 0 Å². The van der Waals surface area contributed by atoms with Gasteiger partial charge in [-0.2, -0.15) is 5.10 Å². The monoisotopic (exact) mass is 329 g/mol. The Hall–Kier alpha value is -2.64. The van der Waals surface area contributed by atoms with Crippen molar-refractivity contribution in [3.8, 4) is 0 Å². The molecule has 0 saturated heterocycles. The molecule has 0 aromatic carbocycles. The molecule has 128 valence electrons. The van der Waals surface area contributed by atoms with Crippen molar-refractivity contribution >= 4 is 28.6 Å². The molecular weight excluding hydrogens is 306 g/mol. The fourth-order valence-corrected chi connectivity index (χ4v) is 3.28. The minimum absolute atomic E-state index is 0.0240. The summed E-state index contributed by atoms with van der Waals surface area (Å²) in [5.74, 6) is 0.672. The van der Waals surface area contributed by atoms with Crippen molar-refractivity contribution in [2.24, 2.45) is 28.3 Å². The quantitative estimate of drug-likeness (QED) is 0.495. The van der Waals surface area contributed by atoms with Gasteiger partial charge in [-0.3, -0.25) is 14.9 Å². The second kappa shape index (κ2) is 6.86. The molecule has 2 aromatic heterocycles. The van der Waals surface area contributed by atoms with E-state index in [1.54, 1.807) is 6.20 Å². The van der Waals surface area contributed by atoms with Crippen molar-refractivity contribution < 1.29 is 4.79 Å². The second-order valence-electron chi connectivity index (χ2n) is 6.38. The molecule has 0 spiro atoms. The Bertz CT molecular complexity index is 755. The van der Waals surface area contributed by atoms with E-state index in [0.717, 1.165) is 42.5 Å². The van der Waals surface area contributed by atoms with E-state index in [-0.39, 0.29) is 17.8 Å². The molecule has 0 radical (unpaired) electrons. The average molecular weight is 329 g/mol. The number of nitrogens with zero attached hydrogens (tertiary/aromatic N) is 3. The number of guanidine groups is 1. The van der Waals surface area contributed by atoms with Gasteiger partial charge >= 0.3 is 0 Å². The molecule has 6 N–H and O–H groups in total. The fourth-order valence-electron chi connectivity index (χ4n) is 3.28. The van der Waals surface area contributed by atoms with Crippen LogP contribution < -0.4 is 16.8 Å². The zero-order chi connectivity index (χ0) is 17.1. The van der Waals surface area contributed by atoms with Crippen LogP contribution in [-0.2, 0) is 4.79 Å². The van der Waals surface area contributed by atoms with Gasteiger partial charge in [0.2, 0.25) is 5.91 Å². The van der Waals surface area contributed by atoms with Gasteiger partial charge in [-0.25, -0.2) is 4.98 Å². The molecule has 1 aliphatic rings. The van der Waals surface area contributed by atoms with E-state index in [9.17, 15) is 4.79 Å². The number of fused-ring (bicyclic) bond motifs is 1. The molecule has 1 saturated carbocycles. The van der Waals surface area contributed by atoms with Crippen molar-refractivity contribution in [2.75, 3.05) is 11.9 Å². The lowest BCUT2D eigenvalue weighted by atomic mass is 9.81. The van der Waals surface area contributed by atoms with Crippen LogP contribution in [-0.4, -0.2) is 33.6 Å². The number of anilines is 1.